The summed E-state index contributed by atoms with van der Waals surface area (Å²) in [6.07, 6.45) is 1.99. The molecule has 2 N–H and O–H groups in total. The third-order valence-electron chi connectivity index (χ3n) is 2.19. The van der Waals surface area contributed by atoms with Gasteiger partial charge in [0.1, 0.15) is 11.7 Å². The number of rotatable bonds is 2. The van der Waals surface area contributed by atoms with Gasteiger partial charge in [0.15, 0.2) is 6.23 Å². The molecular weight excluding hydrogens is 194 g/mol. The number of nitriles is 1. The van der Waals surface area contributed by atoms with Gasteiger partial charge in [0, 0.05) is 17.8 Å². The van der Waals surface area contributed by atoms with Crippen LogP contribution >= 0.6 is 0 Å². The number of hydrogen-bond donors (Lipinski definition) is 2. The van der Waals surface area contributed by atoms with Gasteiger partial charge in [-0.2, -0.15) is 5.26 Å². The van der Waals surface area contributed by atoms with Crippen LogP contribution in [0.3, 0.4) is 0 Å². The Bertz CT molecular complexity index is 527. The fourth-order valence-electron chi connectivity index (χ4n) is 1.49. The van der Waals surface area contributed by atoms with Crippen LogP contribution in [0.4, 0.5) is 0 Å². The predicted octanol–water partition coefficient (Wildman–Crippen LogP) is 0.391. The average molecular weight is 203 g/mol. The van der Waals surface area contributed by atoms with E-state index in [9.17, 15) is 5.11 Å². The molecule has 0 aliphatic heterocycles. The molecule has 0 aromatic carbocycles. The van der Waals surface area contributed by atoms with Crippen molar-refractivity contribution in [1.29, 1.82) is 5.26 Å². The topological polar surface area (TPSA) is 82.1 Å². The Hall–Kier alpha value is -1.90. The minimum absolute atomic E-state index is 0.411. The van der Waals surface area contributed by atoms with E-state index >= 15 is 0 Å². The Balaban J connectivity index is 2.71. The van der Waals surface area contributed by atoms with Crippen molar-refractivity contribution < 1.29 is 10.2 Å². The van der Waals surface area contributed by atoms with Crippen LogP contribution < -0.4 is 0 Å². The van der Waals surface area contributed by atoms with Gasteiger partial charge < -0.3 is 14.8 Å². The molecule has 76 valence electrons. The highest BCUT2D eigenvalue weighted by Gasteiger charge is 2.13. The second kappa shape index (κ2) is 3.69. The van der Waals surface area contributed by atoms with Crippen molar-refractivity contribution in [2.45, 2.75) is 6.23 Å². The van der Waals surface area contributed by atoms with E-state index in [1.165, 1.54) is 10.8 Å². The molecule has 2 rings (SSSR count). The van der Waals surface area contributed by atoms with Crippen molar-refractivity contribution in [2.75, 3.05) is 6.61 Å². The van der Waals surface area contributed by atoms with E-state index in [1.54, 1.807) is 18.3 Å². The smallest absolute Gasteiger partial charge is 0.155 e. The first-order valence-electron chi connectivity index (χ1n) is 4.42. The molecule has 5 nitrogen and oxygen atoms in total. The largest absolute Gasteiger partial charge is 0.392 e. The number of fused-ring (bicyclic) bond motifs is 1. The fraction of sp³-hybridized carbons (Fsp3) is 0.200. The van der Waals surface area contributed by atoms with Gasteiger partial charge in [-0.1, -0.05) is 0 Å². The molecule has 0 amide bonds. The summed E-state index contributed by atoms with van der Waals surface area (Å²) in [6, 6.07) is 5.49. The van der Waals surface area contributed by atoms with Crippen LogP contribution in [0.5, 0.6) is 0 Å². The lowest BCUT2D eigenvalue weighted by Crippen LogP contribution is -2.11. The van der Waals surface area contributed by atoms with Gasteiger partial charge in [-0.25, -0.2) is 4.98 Å². The summed E-state index contributed by atoms with van der Waals surface area (Å²) in [5, 5.41) is 27.9. The summed E-state index contributed by atoms with van der Waals surface area (Å²) in [6.45, 7) is -0.411. The van der Waals surface area contributed by atoms with Gasteiger partial charge in [0.2, 0.25) is 0 Å². The lowest BCUT2D eigenvalue weighted by molar-refractivity contribution is 0.0423. The highest BCUT2D eigenvalue weighted by molar-refractivity contribution is 5.83. The maximum atomic E-state index is 9.50. The molecule has 2 aromatic heterocycles. The van der Waals surface area contributed by atoms with E-state index in [-0.39, 0.29) is 0 Å². The number of aliphatic hydroxyl groups is 2. The number of nitrogens with zero attached hydrogens (tertiary/aromatic N) is 3. The number of hydrogen-bond acceptors (Lipinski definition) is 4. The van der Waals surface area contributed by atoms with Crippen LogP contribution in [-0.4, -0.2) is 26.4 Å². The maximum absolute atomic E-state index is 9.50. The molecular formula is C10H9N3O2. The summed E-state index contributed by atoms with van der Waals surface area (Å²) >= 11 is 0. The van der Waals surface area contributed by atoms with Crippen LogP contribution in [0.1, 0.15) is 11.8 Å². The second-order valence-corrected chi connectivity index (χ2v) is 3.10. The van der Waals surface area contributed by atoms with Crippen LogP contribution in [0.25, 0.3) is 11.0 Å². The monoisotopic (exact) mass is 203 g/mol. The Kier molecular flexibility index (Phi) is 2.37. The quantitative estimate of drug-likeness (QED) is 0.739. The van der Waals surface area contributed by atoms with E-state index < -0.39 is 12.8 Å². The fourth-order valence-corrected chi connectivity index (χ4v) is 1.49. The SMILES string of the molecule is N#Cc1cn(C(O)CO)c2ncccc12. The lowest BCUT2D eigenvalue weighted by Gasteiger charge is -2.09. The average Bonchev–Trinajstić information content (AvgIpc) is 2.67. The third kappa shape index (κ3) is 1.46. The lowest BCUT2D eigenvalue weighted by atomic mass is 10.2. The zero-order valence-electron chi connectivity index (χ0n) is 7.83. The predicted molar refractivity (Wildman–Crippen MR) is 52.8 cm³/mol. The van der Waals surface area contributed by atoms with E-state index in [2.05, 4.69) is 4.98 Å². The molecule has 0 saturated heterocycles. The number of pyridine rings is 1. The van der Waals surface area contributed by atoms with Crippen LogP contribution in [0, 0.1) is 11.3 Å². The van der Waals surface area contributed by atoms with Gasteiger partial charge in [-0.05, 0) is 12.1 Å². The molecule has 0 aliphatic carbocycles. The Morgan fingerprint density at radius 2 is 2.40 bits per heavy atom. The van der Waals surface area contributed by atoms with Crippen LogP contribution in [0.2, 0.25) is 0 Å². The van der Waals surface area contributed by atoms with Crippen LogP contribution in [-0.2, 0) is 0 Å². The zero-order chi connectivity index (χ0) is 10.8. The molecule has 15 heavy (non-hydrogen) atoms. The van der Waals surface area contributed by atoms with E-state index in [4.69, 9.17) is 10.4 Å². The Labute approximate surface area is 85.8 Å². The van der Waals surface area contributed by atoms with Gasteiger partial charge in [-0.15, -0.1) is 0 Å². The molecule has 0 aliphatic rings. The van der Waals surface area contributed by atoms with E-state index in [1.807, 2.05) is 6.07 Å². The Morgan fingerprint density at radius 1 is 1.60 bits per heavy atom. The summed E-state index contributed by atoms with van der Waals surface area (Å²) in [5.74, 6) is 0. The standard InChI is InChI=1S/C10H9N3O2/c11-4-7-5-13(9(15)6-14)10-8(7)2-1-3-12-10/h1-3,5,9,14-15H,6H2. The van der Waals surface area contributed by atoms with Crippen molar-refractivity contribution in [3.05, 3.63) is 30.1 Å². The highest BCUT2D eigenvalue weighted by atomic mass is 16.3. The van der Waals surface area contributed by atoms with Crippen molar-refractivity contribution in [3.8, 4) is 6.07 Å². The molecule has 1 unspecified atom stereocenters. The number of aromatic nitrogens is 2. The molecule has 2 heterocycles. The molecule has 2 aromatic rings. The summed E-state index contributed by atoms with van der Waals surface area (Å²) < 4.78 is 1.38. The van der Waals surface area contributed by atoms with E-state index in [0.29, 0.717) is 16.6 Å². The third-order valence-corrected chi connectivity index (χ3v) is 2.19. The van der Waals surface area contributed by atoms with E-state index in [0.717, 1.165) is 0 Å². The minimum Gasteiger partial charge on any atom is -0.392 e. The summed E-state index contributed by atoms with van der Waals surface area (Å²) in [7, 11) is 0. The zero-order valence-corrected chi connectivity index (χ0v) is 7.83. The minimum atomic E-state index is -1.07. The highest BCUT2D eigenvalue weighted by Crippen LogP contribution is 2.20. The first kappa shape index (κ1) is 9.65. The first-order valence-corrected chi connectivity index (χ1v) is 4.42. The van der Waals surface area contributed by atoms with Crippen molar-refractivity contribution in [2.24, 2.45) is 0 Å². The maximum Gasteiger partial charge on any atom is 0.155 e. The van der Waals surface area contributed by atoms with Gasteiger partial charge >= 0.3 is 0 Å². The number of aliphatic hydroxyl groups excluding tert-OH is 2. The normalized spacial score (nSPS) is 12.6. The van der Waals surface area contributed by atoms with Crippen molar-refractivity contribution in [1.82, 2.24) is 9.55 Å². The van der Waals surface area contributed by atoms with Gasteiger partial charge in [-0.3, -0.25) is 0 Å². The molecule has 0 saturated carbocycles. The molecule has 1 atom stereocenters. The molecule has 5 heteroatoms. The second-order valence-electron chi connectivity index (χ2n) is 3.10. The van der Waals surface area contributed by atoms with Crippen molar-refractivity contribution in [3.63, 3.8) is 0 Å². The summed E-state index contributed by atoms with van der Waals surface area (Å²) in [5.41, 5.74) is 0.932. The van der Waals surface area contributed by atoms with Crippen LogP contribution in [0.15, 0.2) is 24.5 Å². The molecule has 0 bridgehead atoms. The first-order chi connectivity index (χ1) is 7.27. The Morgan fingerprint density at radius 3 is 3.07 bits per heavy atom. The molecule has 0 fully saturated rings. The summed E-state index contributed by atoms with van der Waals surface area (Å²) in [4.78, 5) is 4.06. The molecule has 0 spiro atoms. The van der Waals surface area contributed by atoms with Gasteiger partial charge in [0.25, 0.3) is 0 Å². The van der Waals surface area contributed by atoms with Crippen molar-refractivity contribution >= 4 is 11.0 Å². The molecule has 0 radical (unpaired) electrons. The van der Waals surface area contributed by atoms with Gasteiger partial charge in [0.05, 0.1) is 12.2 Å².